The van der Waals surface area contributed by atoms with Crippen molar-refractivity contribution >= 4 is 28.5 Å². The first-order chi connectivity index (χ1) is 10.1. The molecule has 2 aromatic rings. The van der Waals surface area contributed by atoms with Gasteiger partial charge in [-0.3, -0.25) is 9.78 Å². The van der Waals surface area contributed by atoms with Crippen LogP contribution in [0.25, 0.3) is 10.9 Å². The number of carbonyl (C=O) groups is 2. The number of aromatic carboxylic acids is 1. The third-order valence-corrected chi connectivity index (χ3v) is 3.97. The number of aromatic nitrogens is 1. The summed E-state index contributed by atoms with van der Waals surface area (Å²) in [6.07, 6.45) is 3.36. The number of piperidine rings is 1. The number of carboxylic acid groups (broad SMARTS) is 1. The van der Waals surface area contributed by atoms with Gasteiger partial charge in [0.05, 0.1) is 11.1 Å². The molecule has 1 aromatic carbocycles. The Bertz CT molecular complexity index is 727. The molecule has 1 amide bonds. The third kappa shape index (κ3) is 2.35. The zero-order chi connectivity index (χ0) is 15.0. The number of anilines is 1. The van der Waals surface area contributed by atoms with Gasteiger partial charge in [0.15, 0.2) is 0 Å². The SMILES string of the molecule is CC1CCCN(c2ccc3nccc(C(=O)O)c3c2)C1=O. The highest BCUT2D eigenvalue weighted by Crippen LogP contribution is 2.28. The Morgan fingerprint density at radius 1 is 1.38 bits per heavy atom. The van der Waals surface area contributed by atoms with Gasteiger partial charge >= 0.3 is 5.97 Å². The van der Waals surface area contributed by atoms with Crippen LogP contribution in [0.5, 0.6) is 0 Å². The van der Waals surface area contributed by atoms with E-state index >= 15 is 0 Å². The Balaban J connectivity index is 2.10. The van der Waals surface area contributed by atoms with Crippen molar-refractivity contribution in [1.82, 2.24) is 4.98 Å². The Morgan fingerprint density at radius 2 is 2.19 bits per heavy atom. The molecule has 1 atom stereocenters. The number of hydrogen-bond acceptors (Lipinski definition) is 3. The highest BCUT2D eigenvalue weighted by atomic mass is 16.4. The van der Waals surface area contributed by atoms with E-state index in [0.29, 0.717) is 17.4 Å². The summed E-state index contributed by atoms with van der Waals surface area (Å²) in [7, 11) is 0. The molecule has 1 aliphatic heterocycles. The number of fused-ring (bicyclic) bond motifs is 1. The smallest absolute Gasteiger partial charge is 0.336 e. The van der Waals surface area contributed by atoms with E-state index in [1.54, 1.807) is 17.0 Å². The number of benzene rings is 1. The summed E-state index contributed by atoms with van der Waals surface area (Å²) in [4.78, 5) is 29.5. The van der Waals surface area contributed by atoms with Crippen LogP contribution in [-0.2, 0) is 4.79 Å². The fourth-order valence-corrected chi connectivity index (χ4v) is 2.80. The highest BCUT2D eigenvalue weighted by Gasteiger charge is 2.26. The summed E-state index contributed by atoms with van der Waals surface area (Å²) in [5.74, 6) is -0.874. The van der Waals surface area contributed by atoms with Crippen molar-refractivity contribution in [2.75, 3.05) is 11.4 Å². The minimum atomic E-state index is -0.988. The third-order valence-electron chi connectivity index (χ3n) is 3.97. The maximum atomic E-state index is 12.3. The van der Waals surface area contributed by atoms with E-state index in [2.05, 4.69) is 4.98 Å². The predicted octanol–water partition coefficient (Wildman–Crippen LogP) is 2.70. The second kappa shape index (κ2) is 5.16. The van der Waals surface area contributed by atoms with Gasteiger partial charge in [0.25, 0.3) is 0 Å². The van der Waals surface area contributed by atoms with E-state index in [0.717, 1.165) is 18.5 Å². The van der Waals surface area contributed by atoms with E-state index in [1.165, 1.54) is 12.3 Å². The first kappa shape index (κ1) is 13.5. The molecule has 5 heteroatoms. The lowest BCUT2D eigenvalue weighted by Crippen LogP contribution is -2.40. The number of hydrogen-bond donors (Lipinski definition) is 1. The summed E-state index contributed by atoms with van der Waals surface area (Å²) < 4.78 is 0. The molecule has 0 bridgehead atoms. The van der Waals surface area contributed by atoms with Crippen molar-refractivity contribution in [1.29, 1.82) is 0 Å². The molecule has 0 radical (unpaired) electrons. The van der Waals surface area contributed by atoms with Gasteiger partial charge in [-0.1, -0.05) is 6.92 Å². The molecule has 21 heavy (non-hydrogen) atoms. The molecular weight excluding hydrogens is 268 g/mol. The van der Waals surface area contributed by atoms with Gasteiger partial charge in [-0.2, -0.15) is 0 Å². The highest BCUT2D eigenvalue weighted by molar-refractivity contribution is 6.04. The number of nitrogens with zero attached hydrogens (tertiary/aromatic N) is 2. The van der Waals surface area contributed by atoms with Gasteiger partial charge < -0.3 is 10.0 Å². The Hall–Kier alpha value is -2.43. The van der Waals surface area contributed by atoms with E-state index in [-0.39, 0.29) is 17.4 Å². The number of carbonyl (C=O) groups excluding carboxylic acids is 1. The van der Waals surface area contributed by atoms with Crippen LogP contribution in [0.3, 0.4) is 0 Å². The van der Waals surface area contributed by atoms with Gasteiger partial charge in [0, 0.05) is 29.7 Å². The second-order valence-electron chi connectivity index (χ2n) is 5.40. The van der Waals surface area contributed by atoms with Crippen molar-refractivity contribution in [3.8, 4) is 0 Å². The van der Waals surface area contributed by atoms with Crippen molar-refractivity contribution in [3.05, 3.63) is 36.0 Å². The van der Waals surface area contributed by atoms with Crippen molar-refractivity contribution in [2.24, 2.45) is 5.92 Å². The first-order valence-electron chi connectivity index (χ1n) is 7.01. The number of carboxylic acids is 1. The minimum Gasteiger partial charge on any atom is -0.478 e. The lowest BCUT2D eigenvalue weighted by atomic mass is 9.98. The first-order valence-corrected chi connectivity index (χ1v) is 7.01. The van der Waals surface area contributed by atoms with E-state index < -0.39 is 5.97 Å². The van der Waals surface area contributed by atoms with Crippen LogP contribution in [0.15, 0.2) is 30.5 Å². The van der Waals surface area contributed by atoms with Crippen LogP contribution in [-0.4, -0.2) is 28.5 Å². The molecule has 108 valence electrons. The minimum absolute atomic E-state index is 0.0160. The Kier molecular flexibility index (Phi) is 3.33. The van der Waals surface area contributed by atoms with Crippen molar-refractivity contribution in [2.45, 2.75) is 19.8 Å². The lowest BCUT2D eigenvalue weighted by molar-refractivity contribution is -0.123. The maximum absolute atomic E-state index is 12.3. The average molecular weight is 284 g/mol. The molecule has 2 heterocycles. The quantitative estimate of drug-likeness (QED) is 0.920. The predicted molar refractivity (Wildman–Crippen MR) is 79.5 cm³/mol. The molecular formula is C16H16N2O3. The largest absolute Gasteiger partial charge is 0.478 e. The van der Waals surface area contributed by atoms with Gasteiger partial charge in [0.1, 0.15) is 0 Å². The van der Waals surface area contributed by atoms with Gasteiger partial charge in [-0.15, -0.1) is 0 Å². The Morgan fingerprint density at radius 3 is 2.95 bits per heavy atom. The van der Waals surface area contributed by atoms with Crippen molar-refractivity contribution < 1.29 is 14.7 Å². The van der Waals surface area contributed by atoms with Gasteiger partial charge in [-0.25, -0.2) is 4.79 Å². The van der Waals surface area contributed by atoms with E-state index in [1.807, 2.05) is 13.0 Å². The molecule has 0 saturated carbocycles. The zero-order valence-electron chi connectivity index (χ0n) is 11.7. The van der Waals surface area contributed by atoms with E-state index in [9.17, 15) is 14.7 Å². The number of rotatable bonds is 2. The molecule has 3 rings (SSSR count). The summed E-state index contributed by atoms with van der Waals surface area (Å²) in [5.41, 5.74) is 1.57. The van der Waals surface area contributed by atoms with Crippen LogP contribution in [0.1, 0.15) is 30.1 Å². The zero-order valence-corrected chi connectivity index (χ0v) is 11.7. The van der Waals surface area contributed by atoms with Crippen molar-refractivity contribution in [3.63, 3.8) is 0 Å². The summed E-state index contributed by atoms with van der Waals surface area (Å²) >= 11 is 0. The molecule has 1 aromatic heterocycles. The average Bonchev–Trinajstić information content (AvgIpc) is 2.48. The molecule has 1 aliphatic rings. The normalized spacial score (nSPS) is 19.0. The molecule has 5 nitrogen and oxygen atoms in total. The summed E-state index contributed by atoms with van der Waals surface area (Å²) in [6.45, 7) is 2.61. The molecule has 1 saturated heterocycles. The molecule has 1 fully saturated rings. The monoisotopic (exact) mass is 284 g/mol. The van der Waals surface area contributed by atoms with Crippen LogP contribution in [0.2, 0.25) is 0 Å². The van der Waals surface area contributed by atoms with Crippen LogP contribution in [0, 0.1) is 5.92 Å². The summed E-state index contributed by atoms with van der Waals surface area (Å²) in [5, 5.41) is 9.83. The molecule has 1 N–H and O–H groups in total. The maximum Gasteiger partial charge on any atom is 0.336 e. The standard InChI is InChI=1S/C16H16N2O3/c1-10-3-2-8-18(15(10)19)11-4-5-14-13(9-11)12(16(20)21)6-7-17-14/h4-7,9-10H,2-3,8H2,1H3,(H,20,21). The number of amides is 1. The molecule has 1 unspecified atom stereocenters. The van der Waals surface area contributed by atoms with Crippen LogP contribution < -0.4 is 4.90 Å². The molecule has 0 aliphatic carbocycles. The number of pyridine rings is 1. The van der Waals surface area contributed by atoms with Gasteiger partial charge in [-0.05, 0) is 37.1 Å². The lowest BCUT2D eigenvalue weighted by Gasteiger charge is -2.30. The Labute approximate surface area is 122 Å². The van der Waals surface area contributed by atoms with Gasteiger partial charge in [0.2, 0.25) is 5.91 Å². The van der Waals surface area contributed by atoms with Crippen LogP contribution >= 0.6 is 0 Å². The van der Waals surface area contributed by atoms with E-state index in [4.69, 9.17) is 0 Å². The topological polar surface area (TPSA) is 70.5 Å². The fourth-order valence-electron chi connectivity index (χ4n) is 2.80. The summed E-state index contributed by atoms with van der Waals surface area (Å²) in [6, 6.07) is 6.83. The molecule has 0 spiro atoms. The van der Waals surface area contributed by atoms with Crippen LogP contribution in [0.4, 0.5) is 5.69 Å². The fraction of sp³-hybridized carbons (Fsp3) is 0.312. The second-order valence-corrected chi connectivity index (χ2v) is 5.40.